The Bertz CT molecular complexity index is 776. The van der Waals surface area contributed by atoms with E-state index in [1.54, 1.807) is 7.11 Å². The Labute approximate surface area is 187 Å². The van der Waals surface area contributed by atoms with Gasteiger partial charge in [0.25, 0.3) is 0 Å². The average molecular weight is 450 g/mol. The van der Waals surface area contributed by atoms with Gasteiger partial charge >= 0.3 is 11.9 Å². The fraction of sp³-hybridized carbons (Fsp3) is 0.565. The van der Waals surface area contributed by atoms with Crippen LogP contribution in [-0.2, 0) is 39.9 Å². The highest BCUT2D eigenvalue weighted by molar-refractivity contribution is 5.71. The fourth-order valence-electron chi connectivity index (χ4n) is 3.55. The predicted molar refractivity (Wildman–Crippen MR) is 112 cm³/mol. The van der Waals surface area contributed by atoms with Crippen molar-refractivity contribution in [1.82, 2.24) is 0 Å². The standard InChI is InChI=1S/C23H30O9/c1-27-16-11-9-15(10-12-16)13-29-14-17-20(26)21-22(23(28-2)30-17)32-19(25)8-6-4-3-5-7-18(24)31-21/h3-4,9-12,17,20-23,26H,5-8,13-14H2,1-2H3/t17-,20-,21+,22+,23+/m1/s1. The SMILES string of the molecule is COc1ccc(COC[C@H]2O[C@H](OC)[C@H]3OC(=O)CCC=CCCC(=O)O[C@H]3[C@@H]2O)cc1. The summed E-state index contributed by atoms with van der Waals surface area (Å²) in [6.07, 6.45) is -0.424. The second-order valence-corrected chi connectivity index (χ2v) is 7.59. The van der Waals surface area contributed by atoms with Crippen LogP contribution in [0.5, 0.6) is 5.75 Å². The molecule has 1 fully saturated rings. The van der Waals surface area contributed by atoms with Gasteiger partial charge in [0.1, 0.15) is 18.0 Å². The van der Waals surface area contributed by atoms with Crippen LogP contribution in [0.15, 0.2) is 36.4 Å². The minimum absolute atomic E-state index is 0.0184. The zero-order valence-electron chi connectivity index (χ0n) is 18.3. The topological polar surface area (TPSA) is 110 Å². The van der Waals surface area contributed by atoms with Gasteiger partial charge < -0.3 is 33.5 Å². The van der Waals surface area contributed by atoms with Crippen LogP contribution < -0.4 is 4.74 Å². The number of ether oxygens (including phenoxy) is 6. The van der Waals surface area contributed by atoms with Crippen LogP contribution in [0.4, 0.5) is 0 Å². The number of aliphatic hydroxyl groups is 1. The summed E-state index contributed by atoms with van der Waals surface area (Å²) in [4.78, 5) is 24.5. The van der Waals surface area contributed by atoms with Gasteiger partial charge in [-0.05, 0) is 30.5 Å². The Kier molecular flexibility index (Phi) is 9.04. The van der Waals surface area contributed by atoms with Crippen LogP contribution >= 0.6 is 0 Å². The molecule has 1 saturated heterocycles. The van der Waals surface area contributed by atoms with Crippen molar-refractivity contribution in [1.29, 1.82) is 0 Å². The van der Waals surface area contributed by atoms with Gasteiger partial charge in [-0.15, -0.1) is 0 Å². The molecule has 0 bridgehead atoms. The average Bonchev–Trinajstić information content (AvgIpc) is 2.79. The molecule has 5 atom stereocenters. The predicted octanol–water partition coefficient (Wildman–Crippen LogP) is 1.90. The first-order chi connectivity index (χ1) is 15.5. The molecule has 0 saturated carbocycles. The molecule has 0 aliphatic carbocycles. The molecular formula is C23H30O9. The van der Waals surface area contributed by atoms with Crippen molar-refractivity contribution in [2.24, 2.45) is 0 Å². The summed E-state index contributed by atoms with van der Waals surface area (Å²) in [7, 11) is 2.99. The number of carbonyl (C=O) groups excluding carboxylic acids is 2. The summed E-state index contributed by atoms with van der Waals surface area (Å²) in [6.45, 7) is 0.300. The fourth-order valence-corrected chi connectivity index (χ4v) is 3.55. The number of esters is 2. The third-order valence-corrected chi connectivity index (χ3v) is 5.29. The minimum Gasteiger partial charge on any atom is -0.497 e. The molecule has 0 spiro atoms. The van der Waals surface area contributed by atoms with E-state index in [9.17, 15) is 14.7 Å². The summed E-state index contributed by atoms with van der Waals surface area (Å²) < 4.78 is 33.0. The number of carbonyl (C=O) groups is 2. The van der Waals surface area contributed by atoms with Crippen molar-refractivity contribution in [3.63, 3.8) is 0 Å². The molecule has 0 unspecified atom stereocenters. The van der Waals surface area contributed by atoms with E-state index < -0.39 is 42.6 Å². The van der Waals surface area contributed by atoms with E-state index in [0.717, 1.165) is 11.3 Å². The van der Waals surface area contributed by atoms with Gasteiger partial charge in [0, 0.05) is 20.0 Å². The summed E-state index contributed by atoms with van der Waals surface area (Å²) in [5.74, 6) is -0.258. The molecule has 0 radical (unpaired) electrons. The first-order valence-corrected chi connectivity index (χ1v) is 10.6. The molecule has 2 aliphatic rings. The van der Waals surface area contributed by atoms with Crippen molar-refractivity contribution in [3.8, 4) is 5.75 Å². The normalized spacial score (nSPS) is 29.2. The van der Waals surface area contributed by atoms with Gasteiger partial charge in [0.05, 0.1) is 20.3 Å². The van der Waals surface area contributed by atoms with Crippen molar-refractivity contribution < 1.29 is 43.1 Å². The van der Waals surface area contributed by atoms with Gasteiger partial charge in [0.2, 0.25) is 0 Å². The lowest BCUT2D eigenvalue weighted by atomic mass is 9.98. The number of aliphatic hydroxyl groups excluding tert-OH is 1. The Morgan fingerprint density at radius 1 is 0.969 bits per heavy atom. The number of allylic oxidation sites excluding steroid dienone is 2. The van der Waals surface area contributed by atoms with Crippen molar-refractivity contribution in [2.75, 3.05) is 20.8 Å². The van der Waals surface area contributed by atoms with Crippen LogP contribution in [0.2, 0.25) is 0 Å². The molecule has 3 rings (SSSR count). The van der Waals surface area contributed by atoms with E-state index in [-0.39, 0.29) is 26.1 Å². The molecule has 2 aliphatic heterocycles. The van der Waals surface area contributed by atoms with Crippen LogP contribution in [0.1, 0.15) is 31.2 Å². The highest BCUT2D eigenvalue weighted by atomic mass is 16.7. The maximum absolute atomic E-state index is 12.3. The van der Waals surface area contributed by atoms with Crippen molar-refractivity contribution in [2.45, 2.75) is 63.0 Å². The van der Waals surface area contributed by atoms with Gasteiger partial charge in [-0.1, -0.05) is 24.3 Å². The van der Waals surface area contributed by atoms with E-state index in [0.29, 0.717) is 12.8 Å². The molecule has 176 valence electrons. The zero-order valence-corrected chi connectivity index (χ0v) is 18.3. The quantitative estimate of drug-likeness (QED) is 0.513. The number of hydrogen-bond donors (Lipinski definition) is 1. The lowest BCUT2D eigenvalue weighted by molar-refractivity contribution is -0.302. The first-order valence-electron chi connectivity index (χ1n) is 10.6. The molecule has 0 aromatic heterocycles. The Morgan fingerprint density at radius 3 is 2.19 bits per heavy atom. The third kappa shape index (κ3) is 6.52. The molecule has 1 N–H and O–H groups in total. The van der Waals surface area contributed by atoms with E-state index >= 15 is 0 Å². The van der Waals surface area contributed by atoms with Crippen LogP contribution in [0.25, 0.3) is 0 Å². The summed E-state index contributed by atoms with van der Waals surface area (Å²) in [5.41, 5.74) is 0.914. The Balaban J connectivity index is 1.68. The summed E-state index contributed by atoms with van der Waals surface area (Å²) in [5, 5.41) is 10.9. The molecule has 9 heteroatoms. The second kappa shape index (κ2) is 12.0. The van der Waals surface area contributed by atoms with Crippen LogP contribution in [0.3, 0.4) is 0 Å². The van der Waals surface area contributed by atoms with Gasteiger partial charge in [-0.25, -0.2) is 0 Å². The van der Waals surface area contributed by atoms with E-state index in [4.69, 9.17) is 28.4 Å². The molecular weight excluding hydrogens is 420 g/mol. The number of benzene rings is 1. The monoisotopic (exact) mass is 450 g/mol. The summed E-state index contributed by atoms with van der Waals surface area (Å²) >= 11 is 0. The molecule has 0 amide bonds. The number of methoxy groups -OCH3 is 2. The van der Waals surface area contributed by atoms with Crippen molar-refractivity contribution >= 4 is 11.9 Å². The Hall–Kier alpha value is -2.46. The van der Waals surface area contributed by atoms with E-state index in [2.05, 4.69) is 0 Å². The summed E-state index contributed by atoms with van der Waals surface area (Å²) in [6, 6.07) is 7.38. The van der Waals surface area contributed by atoms with E-state index in [1.165, 1.54) is 7.11 Å². The maximum Gasteiger partial charge on any atom is 0.306 e. The van der Waals surface area contributed by atoms with Crippen molar-refractivity contribution in [3.05, 3.63) is 42.0 Å². The number of fused-ring (bicyclic) bond motifs is 1. The molecule has 1 aromatic carbocycles. The van der Waals surface area contributed by atoms with Gasteiger partial charge in [0.15, 0.2) is 18.5 Å². The second-order valence-electron chi connectivity index (χ2n) is 7.59. The first kappa shape index (κ1) is 24.2. The smallest absolute Gasteiger partial charge is 0.306 e. The van der Waals surface area contributed by atoms with Gasteiger partial charge in [-0.2, -0.15) is 0 Å². The van der Waals surface area contributed by atoms with Crippen LogP contribution in [-0.4, -0.2) is 68.6 Å². The molecule has 1 aromatic rings. The molecule has 32 heavy (non-hydrogen) atoms. The van der Waals surface area contributed by atoms with E-state index in [1.807, 2.05) is 36.4 Å². The Morgan fingerprint density at radius 2 is 1.59 bits per heavy atom. The highest BCUT2D eigenvalue weighted by Crippen LogP contribution is 2.28. The highest BCUT2D eigenvalue weighted by Gasteiger charge is 2.50. The lowest BCUT2D eigenvalue weighted by Gasteiger charge is -2.42. The maximum atomic E-state index is 12.3. The zero-order chi connectivity index (χ0) is 22.9. The molecule has 2 heterocycles. The minimum atomic E-state index is -1.27. The number of hydrogen-bond acceptors (Lipinski definition) is 9. The molecule has 9 nitrogen and oxygen atoms in total. The third-order valence-electron chi connectivity index (χ3n) is 5.29. The van der Waals surface area contributed by atoms with Crippen LogP contribution in [0, 0.1) is 0 Å². The number of rotatable bonds is 6. The largest absolute Gasteiger partial charge is 0.497 e. The lowest BCUT2D eigenvalue weighted by Crippen LogP contribution is -2.61. The van der Waals surface area contributed by atoms with Gasteiger partial charge in [-0.3, -0.25) is 9.59 Å².